The Morgan fingerprint density at radius 1 is 1.30 bits per heavy atom. The van der Waals surface area contributed by atoms with Gasteiger partial charge in [-0.3, -0.25) is 14.9 Å². The Kier molecular flexibility index (Phi) is 2.64. The molecule has 1 N–H and O–H groups in total. The molecule has 20 heavy (non-hydrogen) atoms. The van der Waals surface area contributed by atoms with E-state index in [9.17, 15) is 14.9 Å². The zero-order chi connectivity index (χ0) is 14.3. The number of ketones is 1. The molecule has 6 heteroatoms. The van der Waals surface area contributed by atoms with Gasteiger partial charge in [0.05, 0.1) is 11.6 Å². The van der Waals surface area contributed by atoms with Crippen molar-refractivity contribution in [2.24, 2.45) is 0 Å². The molecule has 1 aromatic carbocycles. The highest BCUT2D eigenvalue weighted by molar-refractivity contribution is 6.15. The first kappa shape index (κ1) is 12.2. The molecule has 2 heterocycles. The van der Waals surface area contributed by atoms with Gasteiger partial charge < -0.3 is 9.40 Å². The number of nitrogens with zero attached hydrogens (tertiary/aromatic N) is 1. The van der Waals surface area contributed by atoms with Crippen molar-refractivity contribution in [3.63, 3.8) is 0 Å². The average Bonchev–Trinajstić information content (AvgIpc) is 3.04. The summed E-state index contributed by atoms with van der Waals surface area (Å²) >= 11 is 0. The number of aryl methyl sites for hydroxylation is 1. The van der Waals surface area contributed by atoms with Crippen molar-refractivity contribution in [1.29, 1.82) is 0 Å². The average molecular weight is 270 g/mol. The number of hydrogen-bond donors (Lipinski definition) is 1. The summed E-state index contributed by atoms with van der Waals surface area (Å²) in [6, 6.07) is 8.19. The number of nitrogens with one attached hydrogen (secondary N) is 1. The maximum Gasteiger partial charge on any atom is 0.433 e. The van der Waals surface area contributed by atoms with Gasteiger partial charge in [0.1, 0.15) is 4.92 Å². The third kappa shape index (κ3) is 1.87. The van der Waals surface area contributed by atoms with Crippen molar-refractivity contribution < 1.29 is 14.1 Å². The molecule has 0 radical (unpaired) electrons. The van der Waals surface area contributed by atoms with E-state index < -0.39 is 10.8 Å². The minimum atomic E-state index is -0.670. The molecule has 0 unspecified atom stereocenters. The number of carbonyl (C=O) groups excluding carboxylic acids is 1. The Morgan fingerprint density at radius 3 is 2.80 bits per heavy atom. The first-order chi connectivity index (χ1) is 9.56. The Balaban J connectivity index is 2.07. The van der Waals surface area contributed by atoms with Crippen LogP contribution in [0.5, 0.6) is 0 Å². The fraction of sp³-hybridized carbons (Fsp3) is 0.0714. The number of aromatic nitrogens is 1. The number of aromatic amines is 1. The molecule has 0 amide bonds. The fourth-order valence-corrected chi connectivity index (χ4v) is 2.10. The molecule has 0 saturated heterocycles. The molecule has 100 valence electrons. The lowest BCUT2D eigenvalue weighted by molar-refractivity contribution is -0.402. The van der Waals surface area contributed by atoms with Crippen LogP contribution in [0.15, 0.2) is 40.9 Å². The van der Waals surface area contributed by atoms with E-state index in [2.05, 4.69) is 4.98 Å². The highest BCUT2D eigenvalue weighted by Gasteiger charge is 2.21. The maximum atomic E-state index is 12.3. The van der Waals surface area contributed by atoms with Gasteiger partial charge in [0.25, 0.3) is 0 Å². The zero-order valence-electron chi connectivity index (χ0n) is 10.5. The summed E-state index contributed by atoms with van der Waals surface area (Å²) in [5.41, 5.74) is 2.30. The molecule has 0 bridgehead atoms. The molecule has 3 aromatic rings. The van der Waals surface area contributed by atoms with E-state index in [-0.39, 0.29) is 11.5 Å². The molecule has 2 aromatic heterocycles. The monoisotopic (exact) mass is 270 g/mol. The van der Waals surface area contributed by atoms with Gasteiger partial charge in [-0.1, -0.05) is 11.6 Å². The van der Waals surface area contributed by atoms with Gasteiger partial charge in [0.15, 0.2) is 5.76 Å². The number of H-pyrrole nitrogens is 1. The number of carbonyl (C=O) groups is 1. The topological polar surface area (TPSA) is 89.1 Å². The third-order valence-corrected chi connectivity index (χ3v) is 3.08. The molecule has 0 spiro atoms. The minimum absolute atomic E-state index is 0.0425. The SMILES string of the molecule is Cc1ccc2[nH]cc(C(=O)c3ccc([N+](=O)[O-])o3)c2c1. The summed E-state index contributed by atoms with van der Waals surface area (Å²) in [4.78, 5) is 25.2. The van der Waals surface area contributed by atoms with Crippen LogP contribution in [0.3, 0.4) is 0 Å². The summed E-state index contributed by atoms with van der Waals surface area (Å²) in [6.07, 6.45) is 1.58. The number of furan rings is 1. The van der Waals surface area contributed by atoms with Crippen LogP contribution < -0.4 is 0 Å². The highest BCUT2D eigenvalue weighted by atomic mass is 16.6. The molecule has 6 nitrogen and oxygen atoms in total. The first-order valence-electron chi connectivity index (χ1n) is 5.93. The molecular weight excluding hydrogens is 260 g/mol. The lowest BCUT2D eigenvalue weighted by atomic mass is 10.1. The first-order valence-corrected chi connectivity index (χ1v) is 5.93. The number of nitro groups is 1. The predicted molar refractivity (Wildman–Crippen MR) is 71.8 cm³/mol. The van der Waals surface area contributed by atoms with Crippen LogP contribution in [0.2, 0.25) is 0 Å². The number of benzene rings is 1. The van der Waals surface area contributed by atoms with Gasteiger partial charge >= 0.3 is 5.88 Å². The quantitative estimate of drug-likeness (QED) is 0.449. The normalized spacial score (nSPS) is 10.8. The van der Waals surface area contributed by atoms with Crippen molar-refractivity contribution in [2.45, 2.75) is 6.92 Å². The van der Waals surface area contributed by atoms with Crippen molar-refractivity contribution in [1.82, 2.24) is 4.98 Å². The fourth-order valence-electron chi connectivity index (χ4n) is 2.10. The Bertz CT molecular complexity index is 829. The van der Waals surface area contributed by atoms with Crippen LogP contribution in [0, 0.1) is 17.0 Å². The molecule has 0 atom stereocenters. The van der Waals surface area contributed by atoms with Crippen LogP contribution in [0.25, 0.3) is 10.9 Å². The van der Waals surface area contributed by atoms with Crippen molar-refractivity contribution >= 4 is 22.6 Å². The van der Waals surface area contributed by atoms with Crippen LogP contribution in [-0.2, 0) is 0 Å². The maximum absolute atomic E-state index is 12.3. The summed E-state index contributed by atoms with van der Waals surface area (Å²) in [5, 5.41) is 11.3. The summed E-state index contributed by atoms with van der Waals surface area (Å²) in [5.74, 6) is -0.863. The van der Waals surface area contributed by atoms with Gasteiger partial charge in [0.2, 0.25) is 5.78 Å². The minimum Gasteiger partial charge on any atom is -0.397 e. The molecule has 0 saturated carbocycles. The third-order valence-electron chi connectivity index (χ3n) is 3.08. The Hall–Kier alpha value is -2.89. The van der Waals surface area contributed by atoms with E-state index in [1.54, 1.807) is 6.20 Å². The number of fused-ring (bicyclic) bond motifs is 1. The molecular formula is C14H10N2O4. The summed E-state index contributed by atoms with van der Waals surface area (Å²) in [6.45, 7) is 1.93. The van der Waals surface area contributed by atoms with Crippen molar-refractivity contribution in [3.8, 4) is 0 Å². The van der Waals surface area contributed by atoms with E-state index >= 15 is 0 Å². The molecule has 0 aliphatic rings. The highest BCUT2D eigenvalue weighted by Crippen LogP contribution is 2.24. The Morgan fingerprint density at radius 2 is 2.10 bits per heavy atom. The molecule has 0 aliphatic carbocycles. The van der Waals surface area contributed by atoms with E-state index in [1.807, 2.05) is 25.1 Å². The van der Waals surface area contributed by atoms with Crippen molar-refractivity contribution in [3.05, 3.63) is 63.5 Å². The van der Waals surface area contributed by atoms with E-state index in [1.165, 1.54) is 12.1 Å². The smallest absolute Gasteiger partial charge is 0.397 e. The van der Waals surface area contributed by atoms with Crippen LogP contribution in [0.4, 0.5) is 5.88 Å². The standard InChI is InChI=1S/C14H10N2O4/c1-8-2-3-11-9(6-8)10(7-15-11)14(17)12-4-5-13(20-12)16(18)19/h2-7,15H,1H3. The predicted octanol–water partition coefficient (Wildman–Crippen LogP) is 3.21. The van der Waals surface area contributed by atoms with Gasteiger partial charge in [0, 0.05) is 17.1 Å². The van der Waals surface area contributed by atoms with Crippen LogP contribution in [-0.4, -0.2) is 15.7 Å². The van der Waals surface area contributed by atoms with Crippen molar-refractivity contribution in [2.75, 3.05) is 0 Å². The largest absolute Gasteiger partial charge is 0.433 e. The zero-order valence-corrected chi connectivity index (χ0v) is 10.5. The second-order valence-electron chi connectivity index (χ2n) is 4.48. The summed E-state index contributed by atoms with van der Waals surface area (Å²) < 4.78 is 4.95. The molecule has 0 fully saturated rings. The second-order valence-corrected chi connectivity index (χ2v) is 4.48. The van der Waals surface area contributed by atoms with Gasteiger partial charge in [-0.2, -0.15) is 0 Å². The second kappa shape index (κ2) is 4.34. The van der Waals surface area contributed by atoms with E-state index in [0.717, 1.165) is 16.5 Å². The van der Waals surface area contributed by atoms with Crippen LogP contribution in [0.1, 0.15) is 21.7 Å². The lowest BCUT2D eigenvalue weighted by Crippen LogP contribution is -1.98. The van der Waals surface area contributed by atoms with E-state index in [4.69, 9.17) is 4.42 Å². The lowest BCUT2D eigenvalue weighted by Gasteiger charge is -1.97. The van der Waals surface area contributed by atoms with Gasteiger partial charge in [-0.05, 0) is 25.1 Å². The molecule has 3 rings (SSSR count). The van der Waals surface area contributed by atoms with Crippen LogP contribution >= 0.6 is 0 Å². The summed E-state index contributed by atoms with van der Waals surface area (Å²) in [7, 11) is 0. The molecule has 0 aliphatic heterocycles. The van der Waals surface area contributed by atoms with E-state index in [0.29, 0.717) is 5.56 Å². The number of rotatable bonds is 3. The number of hydrogen-bond acceptors (Lipinski definition) is 4. The van der Waals surface area contributed by atoms with Gasteiger partial charge in [-0.15, -0.1) is 0 Å². The van der Waals surface area contributed by atoms with Gasteiger partial charge in [-0.25, -0.2) is 0 Å². The Labute approximate surface area is 113 Å².